The third-order valence-corrected chi connectivity index (χ3v) is 3.84. The van der Waals surface area contributed by atoms with Gasteiger partial charge in [0.2, 0.25) is 0 Å². The molecule has 23 heavy (non-hydrogen) atoms. The minimum Gasteiger partial charge on any atom is -0.422 e. The van der Waals surface area contributed by atoms with Crippen molar-refractivity contribution in [3.05, 3.63) is 64.0 Å². The van der Waals surface area contributed by atoms with Crippen molar-refractivity contribution < 1.29 is 4.42 Å². The second-order valence-electron chi connectivity index (χ2n) is 5.05. The molecule has 0 aliphatic rings. The first kappa shape index (κ1) is 13.7. The summed E-state index contributed by atoms with van der Waals surface area (Å²) in [4.78, 5) is 20.9. The van der Waals surface area contributed by atoms with Crippen LogP contribution in [0.4, 0.5) is 5.82 Å². The first-order valence-electron chi connectivity index (χ1n) is 6.88. The second-order valence-corrected chi connectivity index (χ2v) is 5.49. The maximum Gasteiger partial charge on any atom is 0.349 e. The van der Waals surface area contributed by atoms with Crippen LogP contribution in [0.25, 0.3) is 33.3 Å². The third-order valence-electron chi connectivity index (χ3n) is 3.59. The van der Waals surface area contributed by atoms with Gasteiger partial charge >= 0.3 is 5.63 Å². The van der Waals surface area contributed by atoms with Gasteiger partial charge in [0.05, 0.1) is 5.52 Å². The van der Waals surface area contributed by atoms with E-state index in [1.54, 1.807) is 36.4 Å². The van der Waals surface area contributed by atoms with Gasteiger partial charge in [-0.1, -0.05) is 23.7 Å². The fraction of sp³-hybridized carbons (Fsp3) is 0. The molecule has 6 heteroatoms. The molecule has 0 saturated carbocycles. The highest BCUT2D eigenvalue weighted by atomic mass is 35.5. The molecule has 0 amide bonds. The Labute approximate surface area is 135 Å². The monoisotopic (exact) mass is 323 g/mol. The molecule has 0 saturated heterocycles. The van der Waals surface area contributed by atoms with E-state index in [1.165, 1.54) is 0 Å². The number of benzene rings is 2. The molecular formula is C17H10ClN3O2. The van der Waals surface area contributed by atoms with Crippen molar-refractivity contribution in [1.29, 1.82) is 0 Å². The number of rotatable bonds is 1. The van der Waals surface area contributed by atoms with Crippen LogP contribution in [0.5, 0.6) is 0 Å². The van der Waals surface area contributed by atoms with Crippen molar-refractivity contribution in [2.45, 2.75) is 0 Å². The minimum absolute atomic E-state index is 0.0967. The van der Waals surface area contributed by atoms with Crippen molar-refractivity contribution in [2.75, 3.05) is 5.73 Å². The van der Waals surface area contributed by atoms with E-state index in [0.717, 1.165) is 5.56 Å². The van der Waals surface area contributed by atoms with Gasteiger partial charge < -0.3 is 10.2 Å². The maximum absolute atomic E-state index is 12.2. The molecule has 0 fully saturated rings. The van der Waals surface area contributed by atoms with Crippen LogP contribution >= 0.6 is 11.6 Å². The molecule has 2 heterocycles. The molecule has 0 aliphatic heterocycles. The van der Waals surface area contributed by atoms with E-state index in [2.05, 4.69) is 9.97 Å². The largest absolute Gasteiger partial charge is 0.422 e. The fourth-order valence-corrected chi connectivity index (χ4v) is 2.63. The molecule has 2 aromatic heterocycles. The SMILES string of the molecule is Nc1nc(-c2ccc(Cl)cc2)nc2c1c(=O)oc1ccccc12. The van der Waals surface area contributed by atoms with E-state index in [-0.39, 0.29) is 11.2 Å². The Kier molecular flexibility index (Phi) is 3.02. The Bertz CT molecular complexity index is 1100. The lowest BCUT2D eigenvalue weighted by atomic mass is 10.1. The fourth-order valence-electron chi connectivity index (χ4n) is 2.50. The Morgan fingerprint density at radius 1 is 1.00 bits per heavy atom. The average Bonchev–Trinajstić information content (AvgIpc) is 2.55. The molecule has 0 atom stereocenters. The second kappa shape index (κ2) is 5.07. The number of halogens is 1. The van der Waals surface area contributed by atoms with Crippen molar-refractivity contribution in [3.63, 3.8) is 0 Å². The molecular weight excluding hydrogens is 314 g/mol. The van der Waals surface area contributed by atoms with Gasteiger partial charge in [0.15, 0.2) is 5.82 Å². The zero-order valence-electron chi connectivity index (χ0n) is 11.8. The molecule has 5 nitrogen and oxygen atoms in total. The van der Waals surface area contributed by atoms with Crippen LogP contribution in [0, 0.1) is 0 Å². The molecule has 0 radical (unpaired) electrons. The highest BCUT2D eigenvalue weighted by Crippen LogP contribution is 2.27. The van der Waals surface area contributed by atoms with Crippen LogP contribution in [0.1, 0.15) is 0 Å². The van der Waals surface area contributed by atoms with Gasteiger partial charge in [-0.3, -0.25) is 0 Å². The highest BCUT2D eigenvalue weighted by molar-refractivity contribution is 6.30. The Balaban J connectivity index is 2.11. The molecule has 4 rings (SSSR count). The zero-order valence-corrected chi connectivity index (χ0v) is 12.5. The molecule has 2 N–H and O–H groups in total. The van der Waals surface area contributed by atoms with Gasteiger partial charge in [-0.05, 0) is 36.4 Å². The summed E-state index contributed by atoms with van der Waals surface area (Å²) in [5.41, 5.74) is 7.14. The van der Waals surface area contributed by atoms with Gasteiger partial charge in [-0.2, -0.15) is 0 Å². The highest BCUT2D eigenvalue weighted by Gasteiger charge is 2.15. The van der Waals surface area contributed by atoms with Crippen molar-refractivity contribution >= 4 is 39.3 Å². The van der Waals surface area contributed by atoms with Gasteiger partial charge in [-0.25, -0.2) is 14.8 Å². The molecule has 112 valence electrons. The number of para-hydroxylation sites is 1. The number of fused-ring (bicyclic) bond motifs is 3. The third kappa shape index (κ3) is 2.22. The molecule has 4 aromatic rings. The summed E-state index contributed by atoms with van der Waals surface area (Å²) in [5, 5.41) is 1.53. The topological polar surface area (TPSA) is 82.0 Å². The van der Waals surface area contributed by atoms with Crippen molar-refractivity contribution in [1.82, 2.24) is 9.97 Å². The van der Waals surface area contributed by atoms with Crippen molar-refractivity contribution in [2.24, 2.45) is 0 Å². The van der Waals surface area contributed by atoms with Crippen LogP contribution in [0.2, 0.25) is 5.02 Å². The van der Waals surface area contributed by atoms with Gasteiger partial charge in [0, 0.05) is 16.0 Å². The number of hydrogen-bond acceptors (Lipinski definition) is 5. The summed E-state index contributed by atoms with van der Waals surface area (Å²) in [6.45, 7) is 0. The lowest BCUT2D eigenvalue weighted by Gasteiger charge is -2.07. The van der Waals surface area contributed by atoms with Crippen LogP contribution in [0.15, 0.2) is 57.7 Å². The van der Waals surface area contributed by atoms with Gasteiger partial charge in [0.1, 0.15) is 16.8 Å². The molecule has 0 spiro atoms. The van der Waals surface area contributed by atoms with E-state index >= 15 is 0 Å². The average molecular weight is 324 g/mol. The summed E-state index contributed by atoms with van der Waals surface area (Å²) in [6.07, 6.45) is 0. The van der Waals surface area contributed by atoms with E-state index in [9.17, 15) is 4.79 Å². The molecule has 2 aromatic carbocycles. The Hall–Kier alpha value is -2.92. The predicted octanol–water partition coefficient (Wildman–Crippen LogP) is 3.64. The Morgan fingerprint density at radius 3 is 2.52 bits per heavy atom. The zero-order chi connectivity index (χ0) is 16.0. The number of nitrogens with zero attached hydrogens (tertiary/aromatic N) is 2. The van der Waals surface area contributed by atoms with Crippen molar-refractivity contribution in [3.8, 4) is 11.4 Å². The summed E-state index contributed by atoms with van der Waals surface area (Å²) in [6, 6.07) is 14.3. The summed E-state index contributed by atoms with van der Waals surface area (Å²) in [5.74, 6) is 0.530. The van der Waals surface area contributed by atoms with E-state index in [0.29, 0.717) is 27.3 Å². The standard InChI is InChI=1S/C17H10ClN3O2/c18-10-7-5-9(6-8-10)16-20-14-11-3-1-2-4-12(11)23-17(22)13(14)15(19)21-16/h1-8H,(H2,19,20,21). The quantitative estimate of drug-likeness (QED) is 0.427. The maximum atomic E-state index is 12.2. The van der Waals surface area contributed by atoms with E-state index in [4.69, 9.17) is 21.8 Å². The van der Waals surface area contributed by atoms with Crippen LogP contribution in [-0.4, -0.2) is 9.97 Å². The number of aromatic nitrogens is 2. The van der Waals surface area contributed by atoms with E-state index in [1.807, 2.05) is 12.1 Å². The normalized spacial score (nSPS) is 11.2. The lowest BCUT2D eigenvalue weighted by Crippen LogP contribution is -2.08. The van der Waals surface area contributed by atoms with Gasteiger partial charge in [-0.15, -0.1) is 0 Å². The number of nitrogens with two attached hydrogens (primary N) is 1. The summed E-state index contributed by atoms with van der Waals surface area (Å²) >= 11 is 5.91. The summed E-state index contributed by atoms with van der Waals surface area (Å²) < 4.78 is 5.28. The smallest absolute Gasteiger partial charge is 0.349 e. The van der Waals surface area contributed by atoms with Crippen LogP contribution < -0.4 is 11.4 Å². The number of anilines is 1. The molecule has 0 bridgehead atoms. The minimum atomic E-state index is -0.543. The predicted molar refractivity (Wildman–Crippen MR) is 90.4 cm³/mol. The molecule has 0 aliphatic carbocycles. The number of hydrogen-bond donors (Lipinski definition) is 1. The molecule has 0 unspecified atom stereocenters. The lowest BCUT2D eigenvalue weighted by molar-refractivity contribution is 0.569. The van der Waals surface area contributed by atoms with E-state index < -0.39 is 5.63 Å². The number of nitrogen functional groups attached to an aromatic ring is 1. The first-order chi connectivity index (χ1) is 11.1. The first-order valence-corrected chi connectivity index (χ1v) is 7.26. The Morgan fingerprint density at radius 2 is 1.74 bits per heavy atom. The van der Waals surface area contributed by atoms with Gasteiger partial charge in [0.25, 0.3) is 0 Å². The van der Waals surface area contributed by atoms with Crippen LogP contribution in [0.3, 0.4) is 0 Å². The summed E-state index contributed by atoms with van der Waals surface area (Å²) in [7, 11) is 0. The van der Waals surface area contributed by atoms with Crippen LogP contribution in [-0.2, 0) is 0 Å².